The van der Waals surface area contributed by atoms with Crippen molar-refractivity contribution in [1.29, 1.82) is 0 Å². The van der Waals surface area contributed by atoms with E-state index in [-0.39, 0.29) is 12.1 Å². The molecular weight excluding hydrogens is 377 g/mol. The van der Waals surface area contributed by atoms with E-state index >= 15 is 0 Å². The van der Waals surface area contributed by atoms with E-state index in [0.29, 0.717) is 0 Å². The normalized spacial score (nSPS) is 16.6. The summed E-state index contributed by atoms with van der Waals surface area (Å²) in [5, 5.41) is 6.99. The Bertz CT molecular complexity index is 944. The molecule has 0 saturated carbocycles. The van der Waals surface area contributed by atoms with Crippen LogP contribution in [0.1, 0.15) is 22.7 Å². The van der Waals surface area contributed by atoms with Crippen molar-refractivity contribution in [3.05, 3.63) is 89.5 Å². The van der Waals surface area contributed by atoms with Crippen molar-refractivity contribution < 1.29 is 17.9 Å². The van der Waals surface area contributed by atoms with Crippen LogP contribution in [0.25, 0.3) is 0 Å². The Morgan fingerprint density at radius 2 is 1.66 bits per heavy atom. The Morgan fingerprint density at radius 3 is 2.28 bits per heavy atom. The van der Waals surface area contributed by atoms with Crippen molar-refractivity contribution in [3.8, 4) is 5.75 Å². The van der Waals surface area contributed by atoms with Crippen LogP contribution in [-0.4, -0.2) is 13.2 Å². The number of hydrogen-bond donors (Lipinski definition) is 2. The molecule has 1 heterocycles. The molecule has 0 bridgehead atoms. The molecule has 29 heavy (non-hydrogen) atoms. The topological polar surface area (TPSA) is 33.3 Å². The second kappa shape index (κ2) is 7.70. The summed E-state index contributed by atoms with van der Waals surface area (Å²) in [5.74, 6) is 0.744. The molecule has 6 heteroatoms. The number of para-hydroxylation sites is 1. The lowest BCUT2D eigenvalue weighted by molar-refractivity contribution is -0.137. The van der Waals surface area contributed by atoms with Gasteiger partial charge in [-0.15, -0.1) is 0 Å². The number of benzene rings is 3. The third-order valence-corrected chi connectivity index (χ3v) is 5.21. The lowest BCUT2D eigenvalue weighted by atomic mass is 9.95. The van der Waals surface area contributed by atoms with Crippen LogP contribution < -0.4 is 15.4 Å². The van der Waals surface area contributed by atoms with Gasteiger partial charge in [-0.2, -0.15) is 13.2 Å². The zero-order valence-electron chi connectivity index (χ0n) is 15.8. The number of rotatable bonds is 5. The van der Waals surface area contributed by atoms with Crippen molar-refractivity contribution in [1.82, 2.24) is 0 Å². The Balaban J connectivity index is 1.63. The molecule has 0 amide bonds. The van der Waals surface area contributed by atoms with Gasteiger partial charge in [-0.05, 0) is 60.0 Å². The molecule has 2 atom stereocenters. The highest BCUT2D eigenvalue weighted by Crippen LogP contribution is 2.36. The molecule has 3 aromatic carbocycles. The first-order chi connectivity index (χ1) is 13.9. The first kappa shape index (κ1) is 19.2. The molecule has 3 aromatic rings. The van der Waals surface area contributed by atoms with Gasteiger partial charge in [-0.1, -0.05) is 30.3 Å². The summed E-state index contributed by atoms with van der Waals surface area (Å²) in [7, 11) is 1.60. The van der Waals surface area contributed by atoms with Gasteiger partial charge in [-0.25, -0.2) is 0 Å². The van der Waals surface area contributed by atoms with Crippen LogP contribution in [0.15, 0.2) is 72.8 Å². The molecule has 0 aliphatic carbocycles. The van der Waals surface area contributed by atoms with E-state index in [1.807, 2.05) is 42.5 Å². The van der Waals surface area contributed by atoms with Crippen LogP contribution >= 0.6 is 0 Å². The molecular formula is C23H21F3N2O. The van der Waals surface area contributed by atoms with E-state index in [4.69, 9.17) is 4.74 Å². The monoisotopic (exact) mass is 398 g/mol. The number of methoxy groups -OCH3 is 1. The number of ether oxygens (including phenoxy) is 1. The van der Waals surface area contributed by atoms with Gasteiger partial charge in [0.2, 0.25) is 0 Å². The molecule has 1 aliphatic rings. The van der Waals surface area contributed by atoms with Crippen LogP contribution in [0.3, 0.4) is 0 Å². The molecule has 0 spiro atoms. The fourth-order valence-corrected chi connectivity index (χ4v) is 3.69. The quantitative estimate of drug-likeness (QED) is 0.561. The smallest absolute Gasteiger partial charge is 0.416 e. The summed E-state index contributed by atoms with van der Waals surface area (Å²) in [6.07, 6.45) is -3.57. The van der Waals surface area contributed by atoms with Crippen LogP contribution in [-0.2, 0) is 12.6 Å². The van der Waals surface area contributed by atoms with Crippen LogP contribution in [0.4, 0.5) is 24.5 Å². The van der Waals surface area contributed by atoms with Crippen molar-refractivity contribution in [3.63, 3.8) is 0 Å². The first-order valence-electron chi connectivity index (χ1n) is 9.36. The molecule has 150 valence electrons. The number of halogens is 3. The maximum absolute atomic E-state index is 13.0. The standard InChI is InChI=1S/C23H21F3N2O/c1-29-19-12-10-18(11-13-19)27-22(15-6-8-17(9-7-15)23(24,25)26)21-14-16-4-2-3-5-20(16)28-21/h2-13,21-22,27-28H,14H2,1H3/t21-,22+/m0/s1. The van der Waals surface area contributed by atoms with E-state index in [1.165, 1.54) is 5.56 Å². The van der Waals surface area contributed by atoms with Gasteiger partial charge in [0.05, 0.1) is 24.8 Å². The summed E-state index contributed by atoms with van der Waals surface area (Å²) in [6.45, 7) is 0. The molecule has 2 N–H and O–H groups in total. The maximum atomic E-state index is 13.0. The Hall–Kier alpha value is -3.15. The van der Waals surface area contributed by atoms with Gasteiger partial charge in [0, 0.05) is 11.4 Å². The highest BCUT2D eigenvalue weighted by atomic mass is 19.4. The van der Waals surface area contributed by atoms with Crippen molar-refractivity contribution in [2.75, 3.05) is 17.7 Å². The summed E-state index contributed by atoms with van der Waals surface area (Å²) < 4.78 is 44.1. The first-order valence-corrected chi connectivity index (χ1v) is 9.36. The van der Waals surface area contributed by atoms with Crippen LogP contribution in [0.2, 0.25) is 0 Å². The maximum Gasteiger partial charge on any atom is 0.416 e. The van der Waals surface area contributed by atoms with E-state index in [0.717, 1.165) is 41.2 Å². The molecule has 4 rings (SSSR count). The fourth-order valence-electron chi connectivity index (χ4n) is 3.69. The van der Waals surface area contributed by atoms with E-state index in [2.05, 4.69) is 16.7 Å². The average molecular weight is 398 g/mol. The van der Waals surface area contributed by atoms with Gasteiger partial charge in [0.1, 0.15) is 5.75 Å². The zero-order chi connectivity index (χ0) is 20.4. The lowest BCUT2D eigenvalue weighted by Crippen LogP contribution is -2.30. The van der Waals surface area contributed by atoms with Crippen molar-refractivity contribution in [2.45, 2.75) is 24.7 Å². The molecule has 0 unspecified atom stereocenters. The van der Waals surface area contributed by atoms with Crippen LogP contribution in [0, 0.1) is 0 Å². The zero-order valence-corrected chi connectivity index (χ0v) is 15.8. The molecule has 0 radical (unpaired) electrons. The Kier molecular flexibility index (Phi) is 5.09. The highest BCUT2D eigenvalue weighted by molar-refractivity contribution is 5.59. The van der Waals surface area contributed by atoms with E-state index in [1.54, 1.807) is 19.2 Å². The minimum Gasteiger partial charge on any atom is -0.497 e. The molecule has 3 nitrogen and oxygen atoms in total. The number of hydrogen-bond acceptors (Lipinski definition) is 3. The minimum atomic E-state index is -4.35. The van der Waals surface area contributed by atoms with Gasteiger partial charge in [0.25, 0.3) is 0 Å². The van der Waals surface area contributed by atoms with Crippen molar-refractivity contribution >= 4 is 11.4 Å². The van der Waals surface area contributed by atoms with Gasteiger partial charge < -0.3 is 15.4 Å². The Morgan fingerprint density at radius 1 is 0.966 bits per heavy atom. The fraction of sp³-hybridized carbons (Fsp3) is 0.217. The predicted octanol–water partition coefficient (Wildman–Crippen LogP) is 5.90. The number of anilines is 2. The number of fused-ring (bicyclic) bond motifs is 1. The predicted molar refractivity (Wildman–Crippen MR) is 108 cm³/mol. The summed E-state index contributed by atoms with van der Waals surface area (Å²) in [6, 6.07) is 20.7. The SMILES string of the molecule is COc1ccc(N[C@H](c2ccc(C(F)(F)F)cc2)[C@@H]2Cc3ccccc3N2)cc1. The average Bonchev–Trinajstić information content (AvgIpc) is 3.16. The van der Waals surface area contributed by atoms with E-state index < -0.39 is 11.7 Å². The third-order valence-electron chi connectivity index (χ3n) is 5.21. The summed E-state index contributed by atoms with van der Waals surface area (Å²) in [5.41, 5.74) is 3.27. The van der Waals surface area contributed by atoms with Gasteiger partial charge in [-0.3, -0.25) is 0 Å². The molecule has 0 saturated heterocycles. The Labute approximate surface area is 167 Å². The van der Waals surface area contributed by atoms with E-state index in [9.17, 15) is 13.2 Å². The largest absolute Gasteiger partial charge is 0.497 e. The van der Waals surface area contributed by atoms with Crippen LogP contribution in [0.5, 0.6) is 5.75 Å². The third kappa shape index (κ3) is 4.16. The second-order valence-electron chi connectivity index (χ2n) is 7.08. The highest BCUT2D eigenvalue weighted by Gasteiger charge is 2.32. The number of alkyl halides is 3. The number of nitrogens with one attached hydrogen (secondary N) is 2. The van der Waals surface area contributed by atoms with Gasteiger partial charge in [0.15, 0.2) is 0 Å². The van der Waals surface area contributed by atoms with Gasteiger partial charge >= 0.3 is 6.18 Å². The lowest BCUT2D eigenvalue weighted by Gasteiger charge is -2.27. The van der Waals surface area contributed by atoms with Crippen molar-refractivity contribution in [2.24, 2.45) is 0 Å². The molecule has 1 aliphatic heterocycles. The summed E-state index contributed by atoms with van der Waals surface area (Å²) >= 11 is 0. The molecule has 0 fully saturated rings. The second-order valence-corrected chi connectivity index (χ2v) is 7.08. The molecule has 0 aromatic heterocycles. The minimum absolute atomic E-state index is 0.00578. The summed E-state index contributed by atoms with van der Waals surface area (Å²) in [4.78, 5) is 0.